The average Bonchev–Trinajstić information content (AvgIpc) is 2.39. The zero-order chi connectivity index (χ0) is 14.4. The van der Waals surface area contributed by atoms with Crippen LogP contribution < -0.4 is 5.32 Å². The van der Waals surface area contributed by atoms with Gasteiger partial charge in [0.1, 0.15) is 0 Å². The molecule has 5 heteroatoms. The van der Waals surface area contributed by atoms with Crippen molar-refractivity contribution in [2.75, 3.05) is 18.9 Å². The summed E-state index contributed by atoms with van der Waals surface area (Å²) in [5.41, 5.74) is 2.09. The second-order valence-corrected chi connectivity index (χ2v) is 4.80. The largest absolute Gasteiger partial charge is 0.385 e. The molecule has 0 saturated carbocycles. The monoisotopic (exact) mass is 265 g/mol. The van der Waals surface area contributed by atoms with Crippen LogP contribution in [0.5, 0.6) is 0 Å². The molecular formula is C14H23N3O2. The molecule has 1 aromatic carbocycles. The van der Waals surface area contributed by atoms with Crippen LogP contribution in [0.2, 0.25) is 0 Å². The third-order valence-corrected chi connectivity index (χ3v) is 3.43. The summed E-state index contributed by atoms with van der Waals surface area (Å²) in [4.78, 5) is 12.7. The van der Waals surface area contributed by atoms with Gasteiger partial charge in [0.2, 0.25) is 0 Å². The summed E-state index contributed by atoms with van der Waals surface area (Å²) in [5, 5.41) is 14.1. The summed E-state index contributed by atoms with van der Waals surface area (Å²) in [5.74, 6) is 0. The molecule has 1 atom stereocenters. The summed E-state index contributed by atoms with van der Waals surface area (Å²) in [6, 6.07) is 5.46. The Kier molecular flexibility index (Phi) is 5.76. The van der Waals surface area contributed by atoms with Crippen molar-refractivity contribution in [3.8, 4) is 0 Å². The highest BCUT2D eigenvalue weighted by atomic mass is 16.6. The molecule has 0 fully saturated rings. The Morgan fingerprint density at radius 3 is 2.63 bits per heavy atom. The maximum atomic E-state index is 10.9. The van der Waals surface area contributed by atoms with Crippen LogP contribution in [0, 0.1) is 10.1 Å². The van der Waals surface area contributed by atoms with Crippen LogP contribution in [0.4, 0.5) is 11.4 Å². The van der Waals surface area contributed by atoms with Gasteiger partial charge >= 0.3 is 0 Å². The highest BCUT2D eigenvalue weighted by Gasteiger charge is 2.14. The quantitative estimate of drug-likeness (QED) is 0.607. The van der Waals surface area contributed by atoms with Gasteiger partial charge in [-0.15, -0.1) is 0 Å². The van der Waals surface area contributed by atoms with Gasteiger partial charge in [0.25, 0.3) is 5.69 Å². The molecular weight excluding hydrogens is 242 g/mol. The SMILES string of the molecule is CCNc1ccc([N+](=O)[O-])cc1CN(C)C(C)CC. The molecule has 19 heavy (non-hydrogen) atoms. The number of hydrogen-bond acceptors (Lipinski definition) is 4. The van der Waals surface area contributed by atoms with Gasteiger partial charge in [-0.05, 0) is 38.9 Å². The number of anilines is 1. The number of benzene rings is 1. The van der Waals surface area contributed by atoms with E-state index in [-0.39, 0.29) is 10.6 Å². The minimum atomic E-state index is -0.345. The molecule has 0 aliphatic rings. The summed E-state index contributed by atoms with van der Waals surface area (Å²) in [6.07, 6.45) is 1.06. The maximum Gasteiger partial charge on any atom is 0.269 e. The van der Waals surface area contributed by atoms with E-state index in [0.29, 0.717) is 12.6 Å². The first-order valence-corrected chi connectivity index (χ1v) is 6.71. The Balaban J connectivity index is 2.99. The van der Waals surface area contributed by atoms with Crippen molar-refractivity contribution in [3.05, 3.63) is 33.9 Å². The lowest BCUT2D eigenvalue weighted by Crippen LogP contribution is -2.28. The predicted molar refractivity (Wildman–Crippen MR) is 78.5 cm³/mol. The maximum absolute atomic E-state index is 10.9. The van der Waals surface area contributed by atoms with Gasteiger partial charge < -0.3 is 5.32 Å². The average molecular weight is 265 g/mol. The number of rotatable bonds is 7. The van der Waals surface area contributed by atoms with Crippen LogP contribution in [0.25, 0.3) is 0 Å². The molecule has 0 aliphatic carbocycles. The second kappa shape index (κ2) is 7.09. The van der Waals surface area contributed by atoms with Crippen molar-refractivity contribution in [2.24, 2.45) is 0 Å². The van der Waals surface area contributed by atoms with Crippen molar-refractivity contribution in [1.82, 2.24) is 4.90 Å². The first-order chi connectivity index (χ1) is 8.99. The van der Waals surface area contributed by atoms with Crippen LogP contribution in [-0.2, 0) is 6.54 Å². The zero-order valence-corrected chi connectivity index (χ0v) is 12.1. The first kappa shape index (κ1) is 15.4. The molecule has 0 spiro atoms. The van der Waals surface area contributed by atoms with Gasteiger partial charge in [0.05, 0.1) is 4.92 Å². The van der Waals surface area contributed by atoms with Crippen molar-refractivity contribution >= 4 is 11.4 Å². The third kappa shape index (κ3) is 4.21. The molecule has 1 aromatic rings. The Morgan fingerprint density at radius 2 is 2.11 bits per heavy atom. The van der Waals surface area contributed by atoms with Gasteiger partial charge in [0.15, 0.2) is 0 Å². The fraction of sp³-hybridized carbons (Fsp3) is 0.571. The molecule has 0 aromatic heterocycles. The molecule has 106 valence electrons. The van der Waals surface area contributed by atoms with E-state index in [9.17, 15) is 10.1 Å². The Bertz CT molecular complexity index is 435. The smallest absolute Gasteiger partial charge is 0.269 e. The molecule has 5 nitrogen and oxygen atoms in total. The van der Waals surface area contributed by atoms with Gasteiger partial charge in [-0.1, -0.05) is 6.92 Å². The summed E-state index contributed by atoms with van der Waals surface area (Å²) in [7, 11) is 2.04. The molecule has 0 aliphatic heterocycles. The fourth-order valence-corrected chi connectivity index (χ4v) is 1.92. The minimum Gasteiger partial charge on any atom is -0.385 e. The van der Waals surface area contributed by atoms with Crippen LogP contribution >= 0.6 is 0 Å². The number of nitro groups is 1. The van der Waals surface area contributed by atoms with Crippen molar-refractivity contribution in [1.29, 1.82) is 0 Å². The molecule has 0 amide bonds. The normalized spacial score (nSPS) is 12.5. The number of nitrogens with one attached hydrogen (secondary N) is 1. The Morgan fingerprint density at radius 1 is 1.42 bits per heavy atom. The van der Waals surface area contributed by atoms with Gasteiger partial charge in [-0.25, -0.2) is 0 Å². The van der Waals surface area contributed by atoms with E-state index in [1.54, 1.807) is 18.2 Å². The van der Waals surface area contributed by atoms with Gasteiger partial charge in [-0.2, -0.15) is 0 Å². The van der Waals surface area contributed by atoms with Crippen molar-refractivity contribution in [3.63, 3.8) is 0 Å². The zero-order valence-electron chi connectivity index (χ0n) is 12.1. The third-order valence-electron chi connectivity index (χ3n) is 3.43. The second-order valence-electron chi connectivity index (χ2n) is 4.80. The van der Waals surface area contributed by atoms with E-state index < -0.39 is 0 Å². The molecule has 0 radical (unpaired) electrons. The van der Waals surface area contributed by atoms with Crippen LogP contribution in [-0.4, -0.2) is 29.5 Å². The number of nitro benzene ring substituents is 1. The molecule has 0 heterocycles. The molecule has 1 N–H and O–H groups in total. The van der Waals surface area contributed by atoms with E-state index in [1.165, 1.54) is 0 Å². The molecule has 0 bridgehead atoms. The Hall–Kier alpha value is -1.62. The van der Waals surface area contributed by atoms with Gasteiger partial charge in [0, 0.05) is 37.0 Å². The lowest BCUT2D eigenvalue weighted by atomic mass is 10.1. The summed E-state index contributed by atoms with van der Waals surface area (Å²) >= 11 is 0. The standard InChI is InChI=1S/C14H23N3O2/c1-5-11(3)16(4)10-12-9-13(17(18)19)7-8-14(12)15-6-2/h7-9,11,15H,5-6,10H2,1-4H3. The number of non-ortho nitro benzene ring substituents is 1. The van der Waals surface area contributed by atoms with Gasteiger partial charge in [-0.3, -0.25) is 15.0 Å². The highest BCUT2D eigenvalue weighted by Crippen LogP contribution is 2.24. The van der Waals surface area contributed by atoms with E-state index in [2.05, 4.69) is 24.1 Å². The highest BCUT2D eigenvalue weighted by molar-refractivity contribution is 5.56. The Labute approximate surface area is 114 Å². The number of nitrogens with zero attached hydrogens (tertiary/aromatic N) is 2. The lowest BCUT2D eigenvalue weighted by molar-refractivity contribution is -0.384. The van der Waals surface area contributed by atoms with Crippen molar-refractivity contribution in [2.45, 2.75) is 39.8 Å². The predicted octanol–water partition coefficient (Wildman–Crippen LogP) is 3.26. The molecule has 1 rings (SSSR count). The number of hydrogen-bond donors (Lipinski definition) is 1. The van der Waals surface area contributed by atoms with Crippen LogP contribution in [0.1, 0.15) is 32.8 Å². The summed E-state index contributed by atoms with van der Waals surface area (Å²) < 4.78 is 0. The lowest BCUT2D eigenvalue weighted by Gasteiger charge is -2.24. The first-order valence-electron chi connectivity index (χ1n) is 6.71. The fourth-order valence-electron chi connectivity index (χ4n) is 1.92. The van der Waals surface area contributed by atoms with E-state index in [1.807, 2.05) is 14.0 Å². The topological polar surface area (TPSA) is 58.4 Å². The van der Waals surface area contributed by atoms with E-state index >= 15 is 0 Å². The van der Waals surface area contributed by atoms with E-state index in [0.717, 1.165) is 24.2 Å². The van der Waals surface area contributed by atoms with E-state index in [4.69, 9.17) is 0 Å². The minimum absolute atomic E-state index is 0.147. The van der Waals surface area contributed by atoms with Crippen molar-refractivity contribution < 1.29 is 4.92 Å². The molecule has 0 saturated heterocycles. The van der Waals surface area contributed by atoms with Crippen LogP contribution in [0.3, 0.4) is 0 Å². The molecule has 1 unspecified atom stereocenters. The summed E-state index contributed by atoms with van der Waals surface area (Å²) in [6.45, 7) is 7.82. The van der Waals surface area contributed by atoms with Crippen LogP contribution in [0.15, 0.2) is 18.2 Å².